The van der Waals surface area contributed by atoms with Crippen LogP contribution < -0.4 is 0 Å². The summed E-state index contributed by atoms with van der Waals surface area (Å²) in [5, 5.41) is 8.71. The second-order valence-electron chi connectivity index (χ2n) is 2.12. The van der Waals surface area contributed by atoms with Gasteiger partial charge in [-0.1, -0.05) is 0 Å². The van der Waals surface area contributed by atoms with Crippen molar-refractivity contribution in [3.8, 4) is 5.75 Å². The Morgan fingerprint density at radius 2 is 1.75 bits per heavy atom. The number of hydrogen-bond acceptors (Lipinski definition) is 1. The zero-order valence-corrected chi connectivity index (χ0v) is 5.74. The fraction of sp³-hybridized carbons (Fsp3) is 0.143. The molecule has 0 fully saturated rings. The normalized spacial score (nSPS) is 10.3. The van der Waals surface area contributed by atoms with Crippen LogP contribution in [-0.4, -0.2) is 5.11 Å². The smallest absolute Gasteiger partial charge is 0.195 e. The Morgan fingerprint density at radius 1 is 1.17 bits per heavy atom. The van der Waals surface area contributed by atoms with Crippen LogP contribution in [0.3, 0.4) is 0 Å². The van der Waals surface area contributed by atoms with E-state index in [9.17, 15) is 17.6 Å². The highest BCUT2D eigenvalue weighted by molar-refractivity contribution is 5.34. The molecule has 0 spiro atoms. The molecule has 0 aliphatic carbocycles. The van der Waals surface area contributed by atoms with Gasteiger partial charge in [0.15, 0.2) is 17.5 Å². The van der Waals surface area contributed by atoms with E-state index in [2.05, 4.69) is 0 Å². The number of aromatic hydroxyl groups is 1. The standard InChI is InChI=1S/C7H4F4O/c8-2-3-5(12)1-4(9)7(11)6(3)10/h1,12H,2H2. The molecule has 1 N–H and O–H groups in total. The van der Waals surface area contributed by atoms with E-state index in [1.54, 1.807) is 0 Å². The monoisotopic (exact) mass is 180 g/mol. The summed E-state index contributed by atoms with van der Waals surface area (Å²) in [6.07, 6.45) is 0. The van der Waals surface area contributed by atoms with Crippen LogP contribution in [0.25, 0.3) is 0 Å². The van der Waals surface area contributed by atoms with Gasteiger partial charge in [-0.2, -0.15) is 0 Å². The van der Waals surface area contributed by atoms with Gasteiger partial charge in [-0.05, 0) is 0 Å². The molecule has 1 rings (SSSR count). The third-order valence-electron chi connectivity index (χ3n) is 1.37. The van der Waals surface area contributed by atoms with Gasteiger partial charge in [0, 0.05) is 6.07 Å². The van der Waals surface area contributed by atoms with Crippen molar-refractivity contribution in [3.05, 3.63) is 29.1 Å². The molecule has 0 saturated heterocycles. The van der Waals surface area contributed by atoms with Gasteiger partial charge in [0.1, 0.15) is 12.4 Å². The minimum absolute atomic E-state index is 0.327. The third kappa shape index (κ3) is 1.22. The molecule has 66 valence electrons. The van der Waals surface area contributed by atoms with E-state index in [0.29, 0.717) is 6.07 Å². The second kappa shape index (κ2) is 3.00. The van der Waals surface area contributed by atoms with Crippen molar-refractivity contribution in [1.82, 2.24) is 0 Å². The molecule has 0 atom stereocenters. The summed E-state index contributed by atoms with van der Waals surface area (Å²) in [5.74, 6) is -5.92. The highest BCUT2D eigenvalue weighted by Gasteiger charge is 2.17. The summed E-state index contributed by atoms with van der Waals surface area (Å²) in [5.41, 5.74) is -0.867. The van der Waals surface area contributed by atoms with Crippen LogP contribution in [0.1, 0.15) is 5.56 Å². The van der Waals surface area contributed by atoms with E-state index >= 15 is 0 Å². The molecule has 0 aliphatic rings. The first-order valence-corrected chi connectivity index (χ1v) is 2.99. The lowest BCUT2D eigenvalue weighted by Gasteiger charge is -2.02. The van der Waals surface area contributed by atoms with Crippen molar-refractivity contribution >= 4 is 0 Å². The topological polar surface area (TPSA) is 20.2 Å². The highest BCUT2D eigenvalue weighted by atomic mass is 19.2. The predicted octanol–water partition coefficient (Wildman–Crippen LogP) is 2.28. The molecule has 0 bridgehead atoms. The fourth-order valence-corrected chi connectivity index (χ4v) is 0.747. The number of hydrogen-bond donors (Lipinski definition) is 1. The van der Waals surface area contributed by atoms with E-state index in [4.69, 9.17) is 5.11 Å². The fourth-order valence-electron chi connectivity index (χ4n) is 0.747. The minimum atomic E-state index is -1.78. The summed E-state index contributed by atoms with van der Waals surface area (Å²) in [6.45, 7) is -1.38. The van der Waals surface area contributed by atoms with Crippen molar-refractivity contribution in [2.45, 2.75) is 6.67 Å². The van der Waals surface area contributed by atoms with E-state index < -0.39 is 35.4 Å². The van der Waals surface area contributed by atoms with Crippen LogP contribution in [-0.2, 0) is 6.67 Å². The molecule has 0 unspecified atom stereocenters. The average Bonchev–Trinajstić information content (AvgIpc) is 2.01. The molecule has 0 saturated carbocycles. The molecule has 1 aromatic rings. The lowest BCUT2D eigenvalue weighted by Crippen LogP contribution is -1.96. The molecule has 12 heavy (non-hydrogen) atoms. The lowest BCUT2D eigenvalue weighted by atomic mass is 10.2. The van der Waals surface area contributed by atoms with E-state index in [1.165, 1.54) is 0 Å². The summed E-state index contributed by atoms with van der Waals surface area (Å²) >= 11 is 0. The van der Waals surface area contributed by atoms with Gasteiger partial charge in [0.2, 0.25) is 0 Å². The SMILES string of the molecule is Oc1cc(F)c(F)c(F)c1CF. The molecule has 0 heterocycles. The van der Waals surface area contributed by atoms with Crippen molar-refractivity contribution in [1.29, 1.82) is 0 Å². The molecular weight excluding hydrogens is 176 g/mol. The van der Waals surface area contributed by atoms with Crippen molar-refractivity contribution in [2.24, 2.45) is 0 Å². The van der Waals surface area contributed by atoms with Gasteiger partial charge in [0.25, 0.3) is 0 Å². The van der Waals surface area contributed by atoms with Crippen LogP contribution in [0, 0.1) is 17.5 Å². The maximum absolute atomic E-state index is 12.5. The molecular formula is C7H4F4O. The molecule has 1 nitrogen and oxygen atoms in total. The molecule has 1 aromatic carbocycles. The van der Waals surface area contributed by atoms with Crippen molar-refractivity contribution < 1.29 is 22.7 Å². The molecule has 0 aromatic heterocycles. The molecule has 0 amide bonds. The van der Waals surface area contributed by atoms with E-state index in [0.717, 1.165) is 0 Å². The van der Waals surface area contributed by atoms with Crippen LogP contribution in [0.5, 0.6) is 5.75 Å². The largest absolute Gasteiger partial charge is 0.507 e. The van der Waals surface area contributed by atoms with Gasteiger partial charge < -0.3 is 5.11 Å². The second-order valence-corrected chi connectivity index (χ2v) is 2.12. The van der Waals surface area contributed by atoms with Gasteiger partial charge in [-0.15, -0.1) is 0 Å². The Morgan fingerprint density at radius 3 is 2.25 bits per heavy atom. The summed E-state index contributed by atoms with van der Waals surface area (Å²) in [7, 11) is 0. The van der Waals surface area contributed by atoms with Crippen molar-refractivity contribution in [2.75, 3.05) is 0 Å². The number of benzene rings is 1. The first-order valence-electron chi connectivity index (χ1n) is 2.99. The molecule has 0 radical (unpaired) electrons. The van der Waals surface area contributed by atoms with E-state index in [-0.39, 0.29) is 0 Å². The number of phenolic OH excluding ortho intramolecular Hbond substituents is 1. The van der Waals surface area contributed by atoms with Gasteiger partial charge in [-0.25, -0.2) is 17.6 Å². The average molecular weight is 180 g/mol. The van der Waals surface area contributed by atoms with Crippen LogP contribution >= 0.6 is 0 Å². The third-order valence-corrected chi connectivity index (χ3v) is 1.37. The summed E-state index contributed by atoms with van der Waals surface area (Å²) < 4.78 is 49.0. The number of rotatable bonds is 1. The maximum atomic E-state index is 12.5. The zero-order valence-electron chi connectivity index (χ0n) is 5.74. The Labute approximate surface area is 65.3 Å². The number of halogens is 4. The van der Waals surface area contributed by atoms with Gasteiger partial charge in [-0.3, -0.25) is 0 Å². The summed E-state index contributed by atoms with van der Waals surface area (Å²) in [6, 6.07) is 0.327. The summed E-state index contributed by atoms with van der Waals surface area (Å²) in [4.78, 5) is 0. The van der Waals surface area contributed by atoms with E-state index in [1.807, 2.05) is 0 Å². The lowest BCUT2D eigenvalue weighted by molar-refractivity contribution is 0.381. The van der Waals surface area contributed by atoms with Crippen LogP contribution in [0.2, 0.25) is 0 Å². The predicted molar refractivity (Wildman–Crippen MR) is 32.8 cm³/mol. The first-order chi connectivity index (χ1) is 5.57. The molecule has 5 heteroatoms. The van der Waals surface area contributed by atoms with Crippen molar-refractivity contribution in [3.63, 3.8) is 0 Å². The van der Waals surface area contributed by atoms with Crippen LogP contribution in [0.4, 0.5) is 17.6 Å². The van der Waals surface area contributed by atoms with Gasteiger partial charge in [0.05, 0.1) is 5.56 Å². The Hall–Kier alpha value is -1.26. The zero-order chi connectivity index (χ0) is 9.30. The number of alkyl halides is 1. The van der Waals surface area contributed by atoms with Gasteiger partial charge >= 0.3 is 0 Å². The quantitative estimate of drug-likeness (QED) is 0.519. The Balaban J connectivity index is 3.40. The number of phenols is 1. The Kier molecular flexibility index (Phi) is 2.21. The minimum Gasteiger partial charge on any atom is -0.507 e. The highest BCUT2D eigenvalue weighted by Crippen LogP contribution is 2.25. The maximum Gasteiger partial charge on any atom is 0.195 e. The first kappa shape index (κ1) is 8.83. The van der Waals surface area contributed by atoms with Crippen LogP contribution in [0.15, 0.2) is 6.07 Å². The Bertz CT molecular complexity index is 311. The molecule has 0 aliphatic heterocycles.